The third kappa shape index (κ3) is 3.07. The predicted molar refractivity (Wildman–Crippen MR) is 85.6 cm³/mol. The van der Waals surface area contributed by atoms with E-state index in [2.05, 4.69) is 9.71 Å². The maximum atomic E-state index is 12.8. The molecule has 0 saturated carbocycles. The molecule has 0 aliphatic rings. The van der Waals surface area contributed by atoms with E-state index in [-0.39, 0.29) is 10.7 Å². The van der Waals surface area contributed by atoms with Gasteiger partial charge in [0.05, 0.1) is 16.3 Å². The number of halogens is 4. The van der Waals surface area contributed by atoms with Gasteiger partial charge < -0.3 is 4.98 Å². The predicted octanol–water partition coefficient (Wildman–Crippen LogP) is 4.64. The first-order valence-electron chi connectivity index (χ1n) is 6.64. The van der Waals surface area contributed by atoms with Crippen molar-refractivity contribution in [2.45, 2.75) is 11.1 Å². The molecule has 4 nitrogen and oxygen atoms in total. The first kappa shape index (κ1) is 16.7. The number of hydrogen-bond donors (Lipinski definition) is 2. The number of fused-ring (bicyclic) bond motifs is 1. The molecule has 0 aliphatic heterocycles. The van der Waals surface area contributed by atoms with Gasteiger partial charge in [0.1, 0.15) is 4.90 Å². The Kier molecular flexibility index (Phi) is 3.97. The Morgan fingerprint density at radius 1 is 1.08 bits per heavy atom. The second-order valence-electron chi connectivity index (χ2n) is 4.99. The maximum Gasteiger partial charge on any atom is 0.416 e. The van der Waals surface area contributed by atoms with Crippen LogP contribution in [0.4, 0.5) is 18.9 Å². The second-order valence-corrected chi connectivity index (χ2v) is 7.05. The zero-order valence-electron chi connectivity index (χ0n) is 11.9. The van der Waals surface area contributed by atoms with Crippen LogP contribution in [-0.2, 0) is 16.2 Å². The van der Waals surface area contributed by atoms with Crippen molar-refractivity contribution in [2.24, 2.45) is 0 Å². The number of benzene rings is 2. The Bertz CT molecular complexity index is 1010. The molecule has 0 atom stereocenters. The van der Waals surface area contributed by atoms with Crippen molar-refractivity contribution in [3.05, 3.63) is 59.2 Å². The van der Waals surface area contributed by atoms with Crippen LogP contribution in [0, 0.1) is 0 Å². The van der Waals surface area contributed by atoms with Gasteiger partial charge in [-0.15, -0.1) is 0 Å². The summed E-state index contributed by atoms with van der Waals surface area (Å²) in [6.45, 7) is 0. The number of nitrogens with one attached hydrogen (secondary N) is 2. The molecule has 1 heterocycles. The summed E-state index contributed by atoms with van der Waals surface area (Å²) in [6, 6.07) is 8.68. The zero-order chi connectivity index (χ0) is 17.5. The van der Waals surface area contributed by atoms with Gasteiger partial charge in [0.2, 0.25) is 0 Å². The third-order valence-corrected chi connectivity index (χ3v) is 5.23. The van der Waals surface area contributed by atoms with E-state index in [1.54, 1.807) is 24.4 Å². The molecule has 0 bridgehead atoms. The maximum absolute atomic E-state index is 12.8. The van der Waals surface area contributed by atoms with Gasteiger partial charge in [0.15, 0.2) is 0 Å². The number of aromatic nitrogens is 1. The fourth-order valence-electron chi connectivity index (χ4n) is 2.26. The van der Waals surface area contributed by atoms with Crippen molar-refractivity contribution >= 4 is 38.2 Å². The van der Waals surface area contributed by atoms with Gasteiger partial charge in [-0.3, -0.25) is 4.72 Å². The first-order chi connectivity index (χ1) is 11.2. The smallest absolute Gasteiger partial charge is 0.361 e. The lowest BCUT2D eigenvalue weighted by Crippen LogP contribution is -2.15. The largest absolute Gasteiger partial charge is 0.416 e. The van der Waals surface area contributed by atoms with Gasteiger partial charge >= 0.3 is 6.18 Å². The number of anilines is 1. The van der Waals surface area contributed by atoms with E-state index in [4.69, 9.17) is 11.6 Å². The molecule has 0 fully saturated rings. The van der Waals surface area contributed by atoms with E-state index in [0.29, 0.717) is 17.0 Å². The Morgan fingerprint density at radius 2 is 1.83 bits per heavy atom. The summed E-state index contributed by atoms with van der Waals surface area (Å²) in [5, 5.41) is 0.293. The monoisotopic (exact) mass is 374 g/mol. The van der Waals surface area contributed by atoms with E-state index < -0.39 is 26.7 Å². The summed E-state index contributed by atoms with van der Waals surface area (Å²) < 4.78 is 65.7. The fourth-order valence-corrected chi connectivity index (χ4v) is 3.87. The van der Waals surface area contributed by atoms with Gasteiger partial charge in [-0.1, -0.05) is 17.7 Å². The lowest BCUT2D eigenvalue weighted by molar-refractivity contribution is -0.137. The van der Waals surface area contributed by atoms with Crippen LogP contribution in [0.3, 0.4) is 0 Å². The quantitative estimate of drug-likeness (QED) is 0.701. The lowest BCUT2D eigenvalue weighted by atomic mass is 10.2. The highest BCUT2D eigenvalue weighted by Crippen LogP contribution is 2.34. The average Bonchev–Trinajstić information content (AvgIpc) is 2.95. The summed E-state index contributed by atoms with van der Waals surface area (Å²) in [5.41, 5.74) is -0.167. The van der Waals surface area contributed by atoms with Gasteiger partial charge in [0, 0.05) is 17.1 Å². The minimum Gasteiger partial charge on any atom is -0.361 e. The van der Waals surface area contributed by atoms with Crippen LogP contribution in [0.15, 0.2) is 53.6 Å². The molecule has 126 valence electrons. The van der Waals surface area contributed by atoms with Gasteiger partial charge in [-0.05, 0) is 36.4 Å². The van der Waals surface area contributed by atoms with Crippen LogP contribution in [0.25, 0.3) is 10.9 Å². The highest BCUT2D eigenvalue weighted by atomic mass is 35.5. The van der Waals surface area contributed by atoms with Crippen LogP contribution in [-0.4, -0.2) is 13.4 Å². The van der Waals surface area contributed by atoms with Crippen molar-refractivity contribution in [3.63, 3.8) is 0 Å². The summed E-state index contributed by atoms with van der Waals surface area (Å²) in [5.74, 6) is 0. The normalized spacial score (nSPS) is 12.5. The zero-order valence-corrected chi connectivity index (χ0v) is 13.4. The molecule has 9 heteroatoms. The molecule has 24 heavy (non-hydrogen) atoms. The molecular formula is C15H10ClF3N2O2S. The van der Waals surface area contributed by atoms with Crippen LogP contribution in [0.2, 0.25) is 5.02 Å². The highest BCUT2D eigenvalue weighted by molar-refractivity contribution is 7.92. The van der Waals surface area contributed by atoms with E-state index in [0.717, 1.165) is 12.1 Å². The molecule has 0 radical (unpaired) electrons. The lowest BCUT2D eigenvalue weighted by Gasteiger charge is -2.13. The van der Waals surface area contributed by atoms with Crippen LogP contribution in [0.5, 0.6) is 0 Å². The summed E-state index contributed by atoms with van der Waals surface area (Å²) in [6.07, 6.45) is -3.05. The summed E-state index contributed by atoms with van der Waals surface area (Å²) in [4.78, 5) is 2.28. The second kappa shape index (κ2) is 5.71. The van der Waals surface area contributed by atoms with Crippen molar-refractivity contribution in [3.8, 4) is 0 Å². The molecule has 1 aromatic heterocycles. The molecule has 0 spiro atoms. The molecule has 0 saturated heterocycles. The van der Waals surface area contributed by atoms with Crippen LogP contribution < -0.4 is 4.72 Å². The average molecular weight is 375 g/mol. The molecule has 2 aromatic carbocycles. The van der Waals surface area contributed by atoms with Crippen molar-refractivity contribution in [1.82, 2.24) is 4.98 Å². The topological polar surface area (TPSA) is 62.0 Å². The standard InChI is InChI=1S/C15H10ClF3N2O2S/c16-11-5-4-9(15(17,18)19)8-14(11)24(22,23)21-13-3-1-2-12-10(13)6-7-20-12/h1-8,20-21H. The number of rotatable bonds is 3. The number of hydrogen-bond acceptors (Lipinski definition) is 2. The molecule has 3 rings (SSSR count). The fraction of sp³-hybridized carbons (Fsp3) is 0.0667. The minimum absolute atomic E-state index is 0.238. The van der Waals surface area contributed by atoms with Crippen LogP contribution >= 0.6 is 11.6 Å². The molecule has 3 aromatic rings. The molecular weight excluding hydrogens is 365 g/mol. The Morgan fingerprint density at radius 3 is 2.54 bits per heavy atom. The highest BCUT2D eigenvalue weighted by Gasteiger charge is 2.32. The molecule has 2 N–H and O–H groups in total. The Balaban J connectivity index is 2.07. The number of H-pyrrole nitrogens is 1. The van der Waals surface area contributed by atoms with Gasteiger partial charge in [-0.2, -0.15) is 13.2 Å². The Labute approximate surface area is 140 Å². The number of sulfonamides is 1. The van der Waals surface area contributed by atoms with Crippen molar-refractivity contribution < 1.29 is 21.6 Å². The number of aromatic amines is 1. The molecule has 0 aliphatic carbocycles. The summed E-state index contributed by atoms with van der Waals surface area (Å²) in [7, 11) is -4.29. The van der Waals surface area contributed by atoms with E-state index >= 15 is 0 Å². The first-order valence-corrected chi connectivity index (χ1v) is 8.50. The van der Waals surface area contributed by atoms with Crippen molar-refractivity contribution in [1.29, 1.82) is 0 Å². The van der Waals surface area contributed by atoms with E-state index in [1.807, 2.05) is 0 Å². The molecule has 0 unspecified atom stereocenters. The SMILES string of the molecule is O=S(=O)(Nc1cccc2[nH]ccc12)c1cc(C(F)(F)F)ccc1Cl. The van der Waals surface area contributed by atoms with Crippen molar-refractivity contribution in [2.75, 3.05) is 4.72 Å². The third-order valence-electron chi connectivity index (χ3n) is 3.39. The van der Waals surface area contributed by atoms with E-state index in [9.17, 15) is 21.6 Å². The minimum atomic E-state index is -4.67. The Hall–Kier alpha value is -2.19. The van der Waals surface area contributed by atoms with Gasteiger partial charge in [-0.25, -0.2) is 8.42 Å². The van der Waals surface area contributed by atoms with E-state index in [1.165, 1.54) is 6.07 Å². The molecule has 0 amide bonds. The summed E-state index contributed by atoms with van der Waals surface area (Å²) >= 11 is 5.80. The van der Waals surface area contributed by atoms with Gasteiger partial charge in [0.25, 0.3) is 10.0 Å². The number of alkyl halides is 3. The van der Waals surface area contributed by atoms with Crippen LogP contribution in [0.1, 0.15) is 5.56 Å².